The first-order valence-corrected chi connectivity index (χ1v) is 12.1. The Labute approximate surface area is 183 Å². The third-order valence-electron chi connectivity index (χ3n) is 6.23. The number of ether oxygens (including phenoxy) is 1. The van der Waals surface area contributed by atoms with E-state index in [0.717, 1.165) is 11.1 Å². The number of carbonyl (C=O) groups is 1. The second kappa shape index (κ2) is 8.72. The maximum Gasteiger partial charge on any atom is 0.276 e. The summed E-state index contributed by atoms with van der Waals surface area (Å²) in [6.45, 7) is 8.59. The van der Waals surface area contributed by atoms with E-state index in [2.05, 4.69) is 4.98 Å². The summed E-state index contributed by atoms with van der Waals surface area (Å²) in [6.07, 6.45) is 1.21. The summed E-state index contributed by atoms with van der Waals surface area (Å²) in [5.74, 6) is 0.899. The van der Waals surface area contributed by atoms with Crippen LogP contribution >= 0.6 is 0 Å². The fourth-order valence-corrected chi connectivity index (χ4v) is 5.63. The van der Waals surface area contributed by atoms with Crippen molar-refractivity contribution >= 4 is 15.9 Å². The fourth-order valence-electron chi connectivity index (χ4n) is 4.07. The maximum absolute atomic E-state index is 13.0. The van der Waals surface area contributed by atoms with Crippen LogP contribution in [0.2, 0.25) is 0 Å². The lowest BCUT2D eigenvalue weighted by molar-refractivity contribution is 0.0298. The van der Waals surface area contributed by atoms with Crippen molar-refractivity contribution < 1.29 is 22.4 Å². The van der Waals surface area contributed by atoms with Gasteiger partial charge in [0, 0.05) is 32.1 Å². The minimum absolute atomic E-state index is 0.00357. The number of aryl methyl sites for hydroxylation is 3. The molecule has 3 heterocycles. The SMILES string of the molecule is Cc1ccc(S(=O)(=O)N2CCC(c3nc(C(=O)N4CCOCC4)c(C)o3)CC2)cc1C. The molecule has 0 bridgehead atoms. The van der Waals surface area contributed by atoms with Crippen LogP contribution in [0, 0.1) is 20.8 Å². The molecule has 1 aromatic carbocycles. The van der Waals surface area contributed by atoms with Crippen molar-refractivity contribution in [2.24, 2.45) is 0 Å². The highest BCUT2D eigenvalue weighted by Crippen LogP contribution is 2.32. The van der Waals surface area contributed by atoms with Gasteiger partial charge in [-0.05, 0) is 56.9 Å². The summed E-state index contributed by atoms with van der Waals surface area (Å²) in [4.78, 5) is 19.3. The Hall–Kier alpha value is -2.23. The van der Waals surface area contributed by atoms with E-state index in [-0.39, 0.29) is 11.8 Å². The Balaban J connectivity index is 1.44. The number of sulfonamides is 1. The zero-order valence-electron chi connectivity index (χ0n) is 18.3. The van der Waals surface area contributed by atoms with Crippen molar-refractivity contribution in [2.75, 3.05) is 39.4 Å². The van der Waals surface area contributed by atoms with Crippen LogP contribution in [0.4, 0.5) is 0 Å². The van der Waals surface area contributed by atoms with Crippen molar-refractivity contribution in [1.82, 2.24) is 14.2 Å². The summed E-state index contributed by atoms with van der Waals surface area (Å²) < 4.78 is 38.8. The average Bonchev–Trinajstić information content (AvgIpc) is 3.17. The van der Waals surface area contributed by atoms with Crippen LogP contribution in [0.15, 0.2) is 27.5 Å². The lowest BCUT2D eigenvalue weighted by Gasteiger charge is -2.30. The van der Waals surface area contributed by atoms with Crippen LogP contribution in [-0.4, -0.2) is 67.9 Å². The molecule has 2 saturated heterocycles. The van der Waals surface area contributed by atoms with Gasteiger partial charge in [-0.3, -0.25) is 4.79 Å². The van der Waals surface area contributed by atoms with Crippen molar-refractivity contribution in [3.8, 4) is 0 Å². The summed E-state index contributed by atoms with van der Waals surface area (Å²) in [5.41, 5.74) is 2.38. The number of amides is 1. The van der Waals surface area contributed by atoms with E-state index in [1.807, 2.05) is 19.9 Å². The third-order valence-corrected chi connectivity index (χ3v) is 8.13. The Bertz CT molecular complexity index is 1060. The topological polar surface area (TPSA) is 93.0 Å². The minimum atomic E-state index is -3.53. The first kappa shape index (κ1) is 22.0. The molecule has 168 valence electrons. The normalized spacial score (nSPS) is 19.0. The first-order valence-electron chi connectivity index (χ1n) is 10.7. The van der Waals surface area contributed by atoms with Gasteiger partial charge < -0.3 is 14.1 Å². The summed E-state index contributed by atoms with van der Waals surface area (Å²) in [7, 11) is -3.53. The Morgan fingerprint density at radius 1 is 1.03 bits per heavy atom. The van der Waals surface area contributed by atoms with E-state index in [1.165, 1.54) is 4.31 Å². The number of oxazole rings is 1. The molecule has 31 heavy (non-hydrogen) atoms. The van der Waals surface area contributed by atoms with Crippen LogP contribution in [0.3, 0.4) is 0 Å². The van der Waals surface area contributed by atoms with Crippen LogP contribution in [0.1, 0.15) is 52.0 Å². The van der Waals surface area contributed by atoms with Gasteiger partial charge >= 0.3 is 0 Å². The highest BCUT2D eigenvalue weighted by Gasteiger charge is 2.33. The smallest absolute Gasteiger partial charge is 0.276 e. The van der Waals surface area contributed by atoms with Crippen LogP contribution in [-0.2, 0) is 14.8 Å². The molecule has 2 aliphatic rings. The Kier molecular flexibility index (Phi) is 6.18. The summed E-state index contributed by atoms with van der Waals surface area (Å²) in [6, 6.07) is 5.25. The molecular weight excluding hydrogens is 418 g/mol. The lowest BCUT2D eigenvalue weighted by atomic mass is 9.98. The number of carbonyl (C=O) groups excluding carboxylic acids is 1. The molecule has 0 saturated carbocycles. The number of aromatic nitrogens is 1. The molecule has 4 rings (SSSR count). The van der Waals surface area contributed by atoms with Gasteiger partial charge in [-0.1, -0.05) is 6.07 Å². The van der Waals surface area contributed by atoms with E-state index < -0.39 is 10.0 Å². The highest BCUT2D eigenvalue weighted by atomic mass is 32.2. The quantitative estimate of drug-likeness (QED) is 0.715. The molecule has 2 aliphatic heterocycles. The molecule has 1 aromatic heterocycles. The van der Waals surface area contributed by atoms with Gasteiger partial charge in [0.2, 0.25) is 10.0 Å². The molecular formula is C22H29N3O5S. The molecule has 0 atom stereocenters. The van der Waals surface area contributed by atoms with Crippen molar-refractivity contribution in [1.29, 1.82) is 0 Å². The number of piperidine rings is 1. The molecule has 1 amide bonds. The number of hydrogen-bond donors (Lipinski definition) is 0. The average molecular weight is 448 g/mol. The van der Waals surface area contributed by atoms with Crippen LogP contribution in [0.5, 0.6) is 0 Å². The molecule has 0 N–H and O–H groups in total. The molecule has 2 aromatic rings. The van der Waals surface area contributed by atoms with E-state index in [1.54, 1.807) is 24.0 Å². The van der Waals surface area contributed by atoms with Gasteiger partial charge in [-0.25, -0.2) is 13.4 Å². The summed E-state index contributed by atoms with van der Waals surface area (Å²) in [5, 5.41) is 0. The van der Waals surface area contributed by atoms with Crippen LogP contribution in [0.25, 0.3) is 0 Å². The predicted octanol–water partition coefficient (Wildman–Crippen LogP) is 2.64. The van der Waals surface area contributed by atoms with Crippen molar-refractivity contribution in [2.45, 2.75) is 44.4 Å². The van der Waals surface area contributed by atoms with Crippen LogP contribution < -0.4 is 0 Å². The first-order chi connectivity index (χ1) is 14.8. The number of hydrogen-bond acceptors (Lipinski definition) is 6. The van der Waals surface area contributed by atoms with Gasteiger partial charge in [-0.15, -0.1) is 0 Å². The van der Waals surface area contributed by atoms with Gasteiger partial charge in [0.15, 0.2) is 11.6 Å². The molecule has 8 nitrogen and oxygen atoms in total. The van der Waals surface area contributed by atoms with Gasteiger partial charge in [0.05, 0.1) is 18.1 Å². The van der Waals surface area contributed by atoms with Crippen molar-refractivity contribution in [3.05, 3.63) is 46.7 Å². The minimum Gasteiger partial charge on any atom is -0.445 e. The number of morpholine rings is 1. The lowest BCUT2D eigenvalue weighted by Crippen LogP contribution is -2.41. The molecule has 0 aliphatic carbocycles. The highest BCUT2D eigenvalue weighted by molar-refractivity contribution is 7.89. The largest absolute Gasteiger partial charge is 0.445 e. The zero-order valence-corrected chi connectivity index (χ0v) is 19.1. The molecule has 9 heteroatoms. The predicted molar refractivity (Wildman–Crippen MR) is 115 cm³/mol. The second-order valence-corrected chi connectivity index (χ2v) is 10.2. The Morgan fingerprint density at radius 2 is 1.71 bits per heavy atom. The van der Waals surface area contributed by atoms with E-state index in [0.29, 0.717) is 74.5 Å². The monoisotopic (exact) mass is 447 g/mol. The van der Waals surface area contributed by atoms with Gasteiger partial charge in [-0.2, -0.15) is 4.31 Å². The van der Waals surface area contributed by atoms with Gasteiger partial charge in [0.25, 0.3) is 5.91 Å². The van der Waals surface area contributed by atoms with E-state index >= 15 is 0 Å². The zero-order chi connectivity index (χ0) is 22.2. The molecule has 0 spiro atoms. The number of rotatable bonds is 4. The number of nitrogens with zero attached hydrogens (tertiary/aromatic N) is 3. The second-order valence-electron chi connectivity index (χ2n) is 8.29. The molecule has 0 unspecified atom stereocenters. The van der Waals surface area contributed by atoms with E-state index in [4.69, 9.17) is 9.15 Å². The standard InChI is InChI=1S/C22H29N3O5S/c1-15-4-5-19(14-16(15)2)31(27,28)25-8-6-18(7-9-25)21-23-20(17(3)30-21)22(26)24-10-12-29-13-11-24/h4-5,14,18H,6-13H2,1-3H3. The third kappa shape index (κ3) is 4.40. The molecule has 0 radical (unpaired) electrons. The molecule has 2 fully saturated rings. The fraction of sp³-hybridized carbons (Fsp3) is 0.545. The van der Waals surface area contributed by atoms with Crippen molar-refractivity contribution in [3.63, 3.8) is 0 Å². The van der Waals surface area contributed by atoms with Gasteiger partial charge in [0.1, 0.15) is 5.76 Å². The number of benzene rings is 1. The van der Waals surface area contributed by atoms with E-state index in [9.17, 15) is 13.2 Å². The summed E-state index contributed by atoms with van der Waals surface area (Å²) >= 11 is 0. The Morgan fingerprint density at radius 3 is 2.35 bits per heavy atom. The maximum atomic E-state index is 13.0.